The molecule has 0 spiro atoms. The number of nitrogens with zero attached hydrogens (tertiary/aromatic N) is 2. The fourth-order valence-corrected chi connectivity index (χ4v) is 2.87. The summed E-state index contributed by atoms with van der Waals surface area (Å²) in [6, 6.07) is 9.17. The first kappa shape index (κ1) is 16.9. The molecule has 23 heavy (non-hydrogen) atoms. The van der Waals surface area contributed by atoms with Crippen LogP contribution in [0.1, 0.15) is 0 Å². The Balaban J connectivity index is 2.13. The fourth-order valence-electron chi connectivity index (χ4n) is 1.92. The van der Waals surface area contributed by atoms with Gasteiger partial charge in [0, 0.05) is 25.8 Å². The van der Waals surface area contributed by atoms with E-state index in [4.69, 9.17) is 0 Å². The molecule has 0 bridgehead atoms. The molecule has 0 fully saturated rings. The predicted octanol–water partition coefficient (Wildman–Crippen LogP) is 0.569. The lowest BCUT2D eigenvalue weighted by molar-refractivity contribution is -0.684. The van der Waals surface area contributed by atoms with Crippen molar-refractivity contribution in [1.29, 1.82) is 0 Å². The highest BCUT2D eigenvalue weighted by Gasteiger charge is 2.18. The van der Waals surface area contributed by atoms with Gasteiger partial charge in [0.15, 0.2) is 11.9 Å². The molecule has 7 nitrogen and oxygen atoms in total. The number of carbonyl (C=O) groups is 1. The van der Waals surface area contributed by atoms with Crippen molar-refractivity contribution in [2.45, 2.75) is 11.4 Å². The third kappa shape index (κ3) is 4.27. The Morgan fingerprint density at radius 3 is 2.65 bits per heavy atom. The molecule has 122 valence electrons. The first-order valence-corrected chi connectivity index (χ1v) is 8.23. The topological polar surface area (TPSA) is 90.6 Å². The Morgan fingerprint density at radius 2 is 2.00 bits per heavy atom. The van der Waals surface area contributed by atoms with Crippen molar-refractivity contribution >= 4 is 21.6 Å². The smallest absolute Gasteiger partial charge is 0.290 e. The average Bonchev–Trinajstić information content (AvgIpc) is 2.47. The highest BCUT2D eigenvalue weighted by molar-refractivity contribution is 7.89. The summed E-state index contributed by atoms with van der Waals surface area (Å²) < 4.78 is 26.8. The van der Waals surface area contributed by atoms with Crippen LogP contribution in [0, 0.1) is 0 Å². The van der Waals surface area contributed by atoms with E-state index in [0.29, 0.717) is 5.69 Å². The van der Waals surface area contributed by atoms with Gasteiger partial charge >= 0.3 is 0 Å². The molecular weight excluding hydrogens is 318 g/mol. The molecule has 0 unspecified atom stereocenters. The normalized spacial score (nSPS) is 11.4. The maximum atomic E-state index is 12.1. The largest absolute Gasteiger partial charge is 0.503 e. The molecule has 2 aromatic rings. The summed E-state index contributed by atoms with van der Waals surface area (Å²) in [6.45, 7) is -0.000934. The van der Waals surface area contributed by atoms with E-state index in [9.17, 15) is 18.3 Å². The summed E-state index contributed by atoms with van der Waals surface area (Å²) in [5.41, 5.74) is 0.388. The van der Waals surface area contributed by atoms with E-state index in [1.165, 1.54) is 43.1 Å². The molecule has 2 N–H and O–H groups in total. The lowest BCUT2D eigenvalue weighted by Gasteiger charge is -2.12. The molecule has 1 aromatic carbocycles. The predicted molar refractivity (Wildman–Crippen MR) is 84.2 cm³/mol. The maximum absolute atomic E-state index is 12.1. The van der Waals surface area contributed by atoms with Crippen LogP contribution in [0.2, 0.25) is 0 Å². The summed E-state index contributed by atoms with van der Waals surface area (Å²) in [6.07, 6.45) is 3.07. The first-order valence-electron chi connectivity index (χ1n) is 6.79. The molecule has 0 atom stereocenters. The van der Waals surface area contributed by atoms with Crippen molar-refractivity contribution in [3.8, 4) is 5.75 Å². The van der Waals surface area contributed by atoms with Crippen molar-refractivity contribution in [3.05, 3.63) is 48.8 Å². The van der Waals surface area contributed by atoms with E-state index in [1.807, 2.05) is 0 Å². The molecule has 1 amide bonds. The number of anilines is 1. The third-order valence-electron chi connectivity index (χ3n) is 3.07. The van der Waals surface area contributed by atoms with Gasteiger partial charge in [-0.1, -0.05) is 6.07 Å². The molecule has 0 saturated carbocycles. The molecule has 1 heterocycles. The van der Waals surface area contributed by atoms with Crippen LogP contribution in [0.25, 0.3) is 0 Å². The number of pyridine rings is 1. The maximum Gasteiger partial charge on any atom is 0.290 e. The van der Waals surface area contributed by atoms with E-state index in [1.54, 1.807) is 24.4 Å². The van der Waals surface area contributed by atoms with Crippen molar-refractivity contribution < 1.29 is 22.9 Å². The summed E-state index contributed by atoms with van der Waals surface area (Å²) >= 11 is 0. The van der Waals surface area contributed by atoms with Crippen LogP contribution in [-0.2, 0) is 21.4 Å². The van der Waals surface area contributed by atoms with Crippen LogP contribution in [0.3, 0.4) is 0 Å². The van der Waals surface area contributed by atoms with Crippen molar-refractivity contribution in [1.82, 2.24) is 4.31 Å². The van der Waals surface area contributed by atoms with Gasteiger partial charge in [-0.15, -0.1) is 0 Å². The van der Waals surface area contributed by atoms with Gasteiger partial charge in [-0.2, -0.15) is 4.57 Å². The van der Waals surface area contributed by atoms with E-state index in [2.05, 4.69) is 5.32 Å². The van der Waals surface area contributed by atoms with Gasteiger partial charge < -0.3 is 10.4 Å². The van der Waals surface area contributed by atoms with Crippen LogP contribution >= 0.6 is 0 Å². The average molecular weight is 336 g/mol. The number of aromatic nitrogens is 1. The quantitative estimate of drug-likeness (QED) is 0.781. The van der Waals surface area contributed by atoms with Gasteiger partial charge in [-0.05, 0) is 24.3 Å². The molecule has 2 rings (SSSR count). The Hall–Kier alpha value is -2.45. The number of carbonyl (C=O) groups excluding carboxylic acids is 1. The lowest BCUT2D eigenvalue weighted by atomic mass is 10.3. The van der Waals surface area contributed by atoms with Crippen molar-refractivity contribution in [2.24, 2.45) is 0 Å². The molecule has 0 radical (unpaired) electrons. The minimum absolute atomic E-state index is 0.000934. The summed E-state index contributed by atoms with van der Waals surface area (Å²) in [5.74, 6) is -0.278. The van der Waals surface area contributed by atoms with E-state index in [-0.39, 0.29) is 23.1 Å². The van der Waals surface area contributed by atoms with E-state index in [0.717, 1.165) is 4.31 Å². The van der Waals surface area contributed by atoms with Crippen molar-refractivity contribution in [3.63, 3.8) is 0 Å². The zero-order chi connectivity index (χ0) is 17.0. The van der Waals surface area contributed by atoms with Crippen LogP contribution in [-0.4, -0.2) is 37.8 Å². The number of benzene rings is 1. The zero-order valence-corrected chi connectivity index (χ0v) is 13.6. The summed E-state index contributed by atoms with van der Waals surface area (Å²) in [4.78, 5) is 12.1. The summed E-state index contributed by atoms with van der Waals surface area (Å²) in [5, 5.41) is 12.0. The van der Waals surface area contributed by atoms with E-state index >= 15 is 0 Å². The van der Waals surface area contributed by atoms with Gasteiger partial charge in [0.25, 0.3) is 5.91 Å². The number of nitrogens with one attached hydrogen (secondary N) is 1. The molecule has 0 aliphatic rings. The number of hydrogen-bond donors (Lipinski definition) is 2. The number of hydrogen-bond acceptors (Lipinski definition) is 4. The number of amides is 1. The highest BCUT2D eigenvalue weighted by atomic mass is 32.2. The van der Waals surface area contributed by atoms with Crippen LogP contribution in [0.4, 0.5) is 5.69 Å². The summed E-state index contributed by atoms with van der Waals surface area (Å²) in [7, 11) is -0.669. The Labute approximate surface area is 134 Å². The Morgan fingerprint density at radius 1 is 1.26 bits per heavy atom. The molecule has 0 saturated heterocycles. The second-order valence-electron chi connectivity index (χ2n) is 5.10. The van der Waals surface area contributed by atoms with E-state index < -0.39 is 10.0 Å². The monoisotopic (exact) mass is 336 g/mol. The molecule has 1 aromatic heterocycles. The second-order valence-corrected chi connectivity index (χ2v) is 7.25. The fraction of sp³-hybridized carbons (Fsp3) is 0.200. The second kappa shape index (κ2) is 6.76. The van der Waals surface area contributed by atoms with Gasteiger partial charge in [-0.25, -0.2) is 12.7 Å². The van der Waals surface area contributed by atoms with Crippen LogP contribution < -0.4 is 9.88 Å². The van der Waals surface area contributed by atoms with Gasteiger partial charge in [0.05, 0.1) is 4.90 Å². The number of rotatable bonds is 5. The van der Waals surface area contributed by atoms with Gasteiger partial charge in [0.2, 0.25) is 22.8 Å². The van der Waals surface area contributed by atoms with Gasteiger partial charge in [0.1, 0.15) is 0 Å². The molecule has 8 heteroatoms. The highest BCUT2D eigenvalue weighted by Crippen LogP contribution is 2.17. The Bertz CT molecular complexity index is 819. The molecule has 0 aliphatic heterocycles. The first-order chi connectivity index (χ1) is 10.8. The Kier molecular flexibility index (Phi) is 4.97. The van der Waals surface area contributed by atoms with Crippen LogP contribution in [0.15, 0.2) is 53.7 Å². The lowest BCUT2D eigenvalue weighted by Crippen LogP contribution is -2.39. The third-order valence-corrected chi connectivity index (χ3v) is 4.88. The molecular formula is C15H18N3O4S+. The number of aromatic hydroxyl groups is 1. The van der Waals surface area contributed by atoms with Crippen molar-refractivity contribution in [2.75, 3.05) is 19.4 Å². The number of sulfonamides is 1. The standard InChI is InChI=1S/C15H17N3O4S/c1-17(2)23(21,22)14-7-3-5-12(9-14)16-15(20)11-18-8-4-6-13(19)10-18/h3-10H,11H2,1-2H3,(H-,16,19,20)/p+1. The van der Waals surface area contributed by atoms with Gasteiger partial charge in [-0.3, -0.25) is 4.79 Å². The SMILES string of the molecule is CN(C)S(=O)(=O)c1cccc(NC(=O)C[n+]2cccc(O)c2)c1. The zero-order valence-electron chi connectivity index (χ0n) is 12.8. The molecule has 0 aliphatic carbocycles. The minimum atomic E-state index is -3.56. The van der Waals surface area contributed by atoms with Crippen LogP contribution in [0.5, 0.6) is 5.75 Å². The minimum Gasteiger partial charge on any atom is -0.503 e.